The molecule has 0 fully saturated rings. The molecule has 9 heteroatoms. The van der Waals surface area contributed by atoms with Crippen molar-refractivity contribution in [3.8, 4) is 5.75 Å². The Morgan fingerprint density at radius 3 is 2.92 bits per heavy atom. The van der Waals surface area contributed by atoms with Crippen molar-refractivity contribution < 1.29 is 22.7 Å². The molecule has 25 heavy (non-hydrogen) atoms. The molecule has 3 rings (SSSR count). The Balaban J connectivity index is 1.80. The molecule has 134 valence electrons. The lowest BCUT2D eigenvalue weighted by Gasteiger charge is -2.15. The maximum atomic E-state index is 12.7. The van der Waals surface area contributed by atoms with Crippen LogP contribution in [0.4, 0.5) is 13.2 Å². The minimum absolute atomic E-state index is 0.0304. The number of halogens is 4. The number of rotatable bonds is 4. The number of benzene rings is 1. The number of hydrogen-bond acceptors (Lipinski definition) is 5. The molecule has 0 spiro atoms. The lowest BCUT2D eigenvalue weighted by molar-refractivity contribution is -0.173. The zero-order valence-corrected chi connectivity index (χ0v) is 14.5. The van der Waals surface area contributed by atoms with Gasteiger partial charge in [-0.1, -0.05) is 17.7 Å². The molecule has 2 aromatic rings. The summed E-state index contributed by atoms with van der Waals surface area (Å²) in [6, 6.07) is 2.13. The smallest absolute Gasteiger partial charge is 0.451 e. The Bertz CT molecular complexity index is 765. The number of ether oxygens (including phenoxy) is 1. The molecular formula is C16H14ClF3N2O2S. The van der Waals surface area contributed by atoms with Crippen molar-refractivity contribution >= 4 is 28.7 Å². The number of carbonyl (C=O) groups excluding carboxylic acids is 1. The predicted octanol–water partition coefficient (Wildman–Crippen LogP) is 3.91. The molecule has 1 N–H and O–H groups in total. The molecule has 0 amide bonds. The van der Waals surface area contributed by atoms with Crippen molar-refractivity contribution in [1.29, 1.82) is 0 Å². The highest BCUT2D eigenvalue weighted by atomic mass is 35.5. The van der Waals surface area contributed by atoms with Crippen LogP contribution in [0.15, 0.2) is 23.8 Å². The Morgan fingerprint density at radius 2 is 2.24 bits per heavy atom. The third kappa shape index (κ3) is 4.13. The lowest BCUT2D eigenvalue weighted by Crippen LogP contribution is -2.43. The fraction of sp³-hybridized carbons (Fsp3) is 0.375. The van der Waals surface area contributed by atoms with E-state index in [1.807, 2.05) is 0 Å². The van der Waals surface area contributed by atoms with Crippen LogP contribution < -0.4 is 10.1 Å². The van der Waals surface area contributed by atoms with Gasteiger partial charge in [0.1, 0.15) is 12.4 Å². The molecule has 0 saturated heterocycles. The molecule has 1 aliphatic heterocycles. The summed E-state index contributed by atoms with van der Waals surface area (Å²) in [7, 11) is 0. The molecule has 1 aromatic heterocycles. The van der Waals surface area contributed by atoms with Crippen LogP contribution in [0.3, 0.4) is 0 Å². The average molecular weight is 391 g/mol. The van der Waals surface area contributed by atoms with Crippen LogP contribution in [-0.4, -0.2) is 23.0 Å². The Labute approximate surface area is 151 Å². The van der Waals surface area contributed by atoms with Crippen molar-refractivity contribution in [2.75, 3.05) is 0 Å². The summed E-state index contributed by atoms with van der Waals surface area (Å²) in [5.74, 6) is -1.30. The number of nitrogens with one attached hydrogen (secondary N) is 1. The summed E-state index contributed by atoms with van der Waals surface area (Å²) < 4.78 is 43.8. The first-order chi connectivity index (χ1) is 11.9. The molecule has 0 bridgehead atoms. The normalized spacial score (nSPS) is 17.7. The zero-order valence-electron chi connectivity index (χ0n) is 12.9. The molecule has 0 aliphatic carbocycles. The van der Waals surface area contributed by atoms with Gasteiger partial charge >= 0.3 is 6.18 Å². The van der Waals surface area contributed by atoms with Gasteiger partial charge in [0, 0.05) is 18.3 Å². The van der Waals surface area contributed by atoms with Gasteiger partial charge < -0.3 is 10.1 Å². The summed E-state index contributed by atoms with van der Waals surface area (Å²) in [4.78, 5) is 16.4. The summed E-state index contributed by atoms with van der Waals surface area (Å²) in [5.41, 5.74) is 3.20. The number of hydrogen-bond donors (Lipinski definition) is 1. The highest BCUT2D eigenvalue weighted by Gasteiger charge is 2.43. The van der Waals surface area contributed by atoms with Gasteiger partial charge in [-0.15, -0.1) is 11.3 Å². The molecule has 1 aliphatic rings. The molecule has 1 atom stereocenters. The highest BCUT2D eigenvalue weighted by molar-refractivity contribution is 7.09. The summed E-state index contributed by atoms with van der Waals surface area (Å²) >= 11 is 7.66. The van der Waals surface area contributed by atoms with Gasteiger partial charge in [0.05, 0.1) is 21.5 Å². The Hall–Kier alpha value is -1.64. The molecular weight excluding hydrogens is 377 g/mol. The van der Waals surface area contributed by atoms with Crippen LogP contribution >= 0.6 is 22.9 Å². The van der Waals surface area contributed by atoms with Gasteiger partial charge in [0.2, 0.25) is 0 Å². The van der Waals surface area contributed by atoms with E-state index in [-0.39, 0.29) is 26.0 Å². The number of thiazole rings is 1. The molecule has 0 radical (unpaired) electrons. The maximum Gasteiger partial charge on any atom is 0.451 e. The third-order valence-electron chi connectivity index (χ3n) is 3.97. The van der Waals surface area contributed by atoms with E-state index in [4.69, 9.17) is 16.3 Å². The first-order valence-corrected chi connectivity index (χ1v) is 8.77. The first-order valence-electron chi connectivity index (χ1n) is 7.51. The number of carbonyl (C=O) groups is 1. The maximum absolute atomic E-state index is 12.7. The molecule has 0 saturated carbocycles. The van der Waals surface area contributed by atoms with Gasteiger partial charge in [-0.05, 0) is 24.5 Å². The number of alkyl halides is 3. The predicted molar refractivity (Wildman–Crippen MR) is 87.9 cm³/mol. The van der Waals surface area contributed by atoms with Crippen LogP contribution in [0, 0.1) is 0 Å². The summed E-state index contributed by atoms with van der Waals surface area (Å²) in [5, 5.41) is 3.08. The van der Waals surface area contributed by atoms with E-state index < -0.39 is 18.0 Å². The van der Waals surface area contributed by atoms with Crippen molar-refractivity contribution in [2.45, 2.75) is 38.2 Å². The molecule has 4 nitrogen and oxygen atoms in total. The largest absolute Gasteiger partial charge is 0.486 e. The monoisotopic (exact) mass is 390 g/mol. The molecule has 1 unspecified atom stereocenters. The number of aromatic nitrogens is 1. The van der Waals surface area contributed by atoms with Gasteiger partial charge in [-0.2, -0.15) is 13.2 Å². The van der Waals surface area contributed by atoms with Crippen LogP contribution in [-0.2, 0) is 24.4 Å². The Morgan fingerprint density at radius 1 is 1.44 bits per heavy atom. The van der Waals surface area contributed by atoms with Crippen molar-refractivity contribution in [1.82, 2.24) is 10.3 Å². The van der Waals surface area contributed by atoms with Crippen LogP contribution in [0.2, 0.25) is 5.02 Å². The first kappa shape index (κ1) is 18.2. The van der Waals surface area contributed by atoms with Crippen LogP contribution in [0.1, 0.15) is 22.4 Å². The van der Waals surface area contributed by atoms with Crippen LogP contribution in [0.5, 0.6) is 5.75 Å². The standard InChI is InChI=1S/C16H14ClF3N2O2S/c17-12-3-1-9-5-22-13(15(23)16(18,19)20)4-2-11(9)14(12)24-7-10-6-21-8-25-10/h1,3,6,8,13,22H,2,4-5,7H2. The quantitative estimate of drug-likeness (QED) is 0.860. The fourth-order valence-corrected chi connectivity index (χ4v) is 3.48. The Kier molecular flexibility index (Phi) is 5.31. The van der Waals surface area contributed by atoms with E-state index in [0.717, 1.165) is 16.0 Å². The highest BCUT2D eigenvalue weighted by Crippen LogP contribution is 2.35. The minimum Gasteiger partial charge on any atom is -0.486 e. The van der Waals surface area contributed by atoms with Gasteiger partial charge in [-0.25, -0.2) is 0 Å². The van der Waals surface area contributed by atoms with E-state index in [1.165, 1.54) is 11.3 Å². The summed E-state index contributed by atoms with van der Waals surface area (Å²) in [6.45, 7) is 0.426. The van der Waals surface area contributed by atoms with Crippen molar-refractivity contribution in [3.05, 3.63) is 44.9 Å². The zero-order chi connectivity index (χ0) is 18.0. The van der Waals surface area contributed by atoms with E-state index in [2.05, 4.69) is 10.3 Å². The second-order valence-corrected chi connectivity index (χ2v) is 6.98. The van der Waals surface area contributed by atoms with Crippen LogP contribution in [0.25, 0.3) is 0 Å². The van der Waals surface area contributed by atoms with Gasteiger partial charge in [0.25, 0.3) is 5.78 Å². The second-order valence-electron chi connectivity index (χ2n) is 5.60. The van der Waals surface area contributed by atoms with Gasteiger partial charge in [0.15, 0.2) is 0 Å². The fourth-order valence-electron chi connectivity index (χ4n) is 2.74. The minimum atomic E-state index is -4.85. The number of Topliss-reactive ketones (excluding diaryl/α,β-unsaturated/α-hetero) is 1. The molecule has 2 heterocycles. The lowest BCUT2D eigenvalue weighted by atomic mass is 10.0. The van der Waals surface area contributed by atoms with Crippen molar-refractivity contribution in [2.24, 2.45) is 0 Å². The SMILES string of the molecule is O=C(C1CCc2c(ccc(Cl)c2OCc2cncs2)CN1)C(F)(F)F. The van der Waals surface area contributed by atoms with E-state index in [9.17, 15) is 18.0 Å². The third-order valence-corrected chi connectivity index (χ3v) is 5.02. The molecule has 1 aromatic carbocycles. The van der Waals surface area contributed by atoms with E-state index >= 15 is 0 Å². The topological polar surface area (TPSA) is 51.2 Å². The second kappa shape index (κ2) is 7.31. The number of fused-ring (bicyclic) bond motifs is 1. The van der Waals surface area contributed by atoms with Crippen molar-refractivity contribution in [3.63, 3.8) is 0 Å². The van der Waals surface area contributed by atoms with E-state index in [1.54, 1.807) is 23.8 Å². The average Bonchev–Trinajstić information content (AvgIpc) is 2.98. The number of nitrogens with zero attached hydrogens (tertiary/aromatic N) is 1. The number of ketones is 1. The van der Waals surface area contributed by atoms with Gasteiger partial charge in [-0.3, -0.25) is 9.78 Å². The van der Waals surface area contributed by atoms with E-state index in [0.29, 0.717) is 10.8 Å². The summed E-state index contributed by atoms with van der Waals surface area (Å²) in [6.07, 6.45) is -2.87.